The van der Waals surface area contributed by atoms with Crippen molar-refractivity contribution in [3.8, 4) is 0 Å². The van der Waals surface area contributed by atoms with Crippen molar-refractivity contribution in [2.45, 2.75) is 0 Å². The number of hydrogen-bond donors (Lipinski definition) is 2. The number of aliphatic hydroxyl groups excluding tert-OH is 1. The van der Waals surface area contributed by atoms with E-state index in [1.165, 1.54) is 6.40 Å². The molecule has 0 amide bonds. The summed E-state index contributed by atoms with van der Waals surface area (Å²) in [6.45, 7) is 0.155. The third kappa shape index (κ3) is 0.726. The van der Waals surface area contributed by atoms with Crippen LogP contribution in [0.4, 0.5) is 0 Å². The van der Waals surface area contributed by atoms with Gasteiger partial charge in [0.1, 0.15) is 6.61 Å². The van der Waals surface area contributed by atoms with Crippen molar-refractivity contribution in [1.29, 1.82) is 0 Å². The summed E-state index contributed by atoms with van der Waals surface area (Å²) in [6.07, 6.45) is 1.17. The maximum atomic E-state index is 8.29. The molecule has 1 aliphatic heterocycles. The van der Waals surface area contributed by atoms with Gasteiger partial charge in [0, 0.05) is 0 Å². The molecule has 4 nitrogen and oxygen atoms in total. The van der Waals surface area contributed by atoms with Gasteiger partial charge >= 0.3 is 5.95 Å². The maximum absolute atomic E-state index is 8.29. The van der Waals surface area contributed by atoms with Gasteiger partial charge in [-0.05, 0) is 0 Å². The van der Waals surface area contributed by atoms with Gasteiger partial charge in [0.25, 0.3) is 0 Å². The standard InChI is InChI=1S/C4H5NO3/c6-4(7)3-1-8-2-5-3/h2,6-7H,1H2. The van der Waals surface area contributed by atoms with E-state index >= 15 is 0 Å². The fourth-order valence-electron chi connectivity index (χ4n) is 0.377. The van der Waals surface area contributed by atoms with E-state index in [4.69, 9.17) is 10.2 Å². The predicted molar refractivity (Wildman–Crippen MR) is 26.7 cm³/mol. The van der Waals surface area contributed by atoms with Crippen molar-refractivity contribution in [2.24, 2.45) is 4.99 Å². The normalized spacial score (nSPS) is 16.2. The van der Waals surface area contributed by atoms with Crippen LogP contribution in [0.3, 0.4) is 0 Å². The molecule has 0 atom stereocenters. The number of nitrogens with zero attached hydrogens (tertiary/aromatic N) is 1. The van der Waals surface area contributed by atoms with Gasteiger partial charge in [0.15, 0.2) is 12.1 Å². The van der Waals surface area contributed by atoms with E-state index in [0.717, 1.165) is 0 Å². The van der Waals surface area contributed by atoms with Crippen molar-refractivity contribution >= 4 is 6.40 Å². The van der Waals surface area contributed by atoms with Crippen molar-refractivity contribution < 1.29 is 14.9 Å². The number of aliphatic hydroxyl groups is 2. The Hall–Kier alpha value is -1.19. The van der Waals surface area contributed by atoms with Gasteiger partial charge in [-0.1, -0.05) is 0 Å². The summed E-state index contributed by atoms with van der Waals surface area (Å²) >= 11 is 0. The van der Waals surface area contributed by atoms with E-state index in [0.29, 0.717) is 0 Å². The van der Waals surface area contributed by atoms with E-state index in [-0.39, 0.29) is 12.3 Å². The fourth-order valence-corrected chi connectivity index (χ4v) is 0.377. The molecule has 8 heavy (non-hydrogen) atoms. The molecule has 0 aromatic rings. The lowest BCUT2D eigenvalue weighted by Crippen LogP contribution is -1.88. The van der Waals surface area contributed by atoms with Crippen LogP contribution >= 0.6 is 0 Å². The molecule has 0 saturated carbocycles. The highest BCUT2D eigenvalue weighted by molar-refractivity contribution is 5.52. The zero-order valence-electron chi connectivity index (χ0n) is 4.03. The van der Waals surface area contributed by atoms with Crippen molar-refractivity contribution in [3.05, 3.63) is 11.6 Å². The highest BCUT2D eigenvalue weighted by Gasteiger charge is 2.06. The monoisotopic (exact) mass is 115 g/mol. The van der Waals surface area contributed by atoms with Crippen molar-refractivity contribution in [2.75, 3.05) is 6.61 Å². The lowest BCUT2D eigenvalue weighted by molar-refractivity contribution is 0.180. The molecular formula is C4H5NO3. The highest BCUT2D eigenvalue weighted by atomic mass is 16.5. The zero-order valence-corrected chi connectivity index (χ0v) is 4.03. The smallest absolute Gasteiger partial charge is 0.300 e. The molecule has 0 aromatic heterocycles. The lowest BCUT2D eigenvalue weighted by atomic mass is 10.5. The Labute approximate surface area is 45.7 Å². The predicted octanol–water partition coefficient (Wildman–Crippen LogP) is 0.330. The number of hydrogen-bond acceptors (Lipinski definition) is 4. The minimum absolute atomic E-state index is 0.155. The van der Waals surface area contributed by atoms with E-state index in [2.05, 4.69) is 9.73 Å². The Morgan fingerprint density at radius 1 is 1.75 bits per heavy atom. The largest absolute Gasteiger partial charge is 0.480 e. The third-order valence-electron chi connectivity index (χ3n) is 0.761. The Morgan fingerprint density at radius 3 is 2.75 bits per heavy atom. The molecule has 1 heterocycles. The molecule has 0 unspecified atom stereocenters. The minimum atomic E-state index is -0.765. The van der Waals surface area contributed by atoms with Crippen LogP contribution in [0.5, 0.6) is 0 Å². The molecule has 1 rings (SSSR count). The van der Waals surface area contributed by atoms with Gasteiger partial charge in [0.2, 0.25) is 0 Å². The van der Waals surface area contributed by atoms with Crippen LogP contribution in [0.25, 0.3) is 0 Å². The van der Waals surface area contributed by atoms with Crippen molar-refractivity contribution in [3.63, 3.8) is 0 Å². The van der Waals surface area contributed by atoms with Crippen molar-refractivity contribution in [1.82, 2.24) is 0 Å². The van der Waals surface area contributed by atoms with E-state index in [1.807, 2.05) is 0 Å². The molecule has 2 N–H and O–H groups in total. The average Bonchev–Trinajstić information content (AvgIpc) is 2.12. The fraction of sp³-hybridized carbons (Fsp3) is 0.250. The molecule has 0 saturated heterocycles. The van der Waals surface area contributed by atoms with Gasteiger partial charge in [-0.25, -0.2) is 4.99 Å². The van der Waals surface area contributed by atoms with E-state index < -0.39 is 5.95 Å². The zero-order chi connectivity index (χ0) is 5.98. The minimum Gasteiger partial charge on any atom is -0.480 e. The molecule has 1 aliphatic rings. The molecule has 4 heteroatoms. The maximum Gasteiger partial charge on any atom is 0.300 e. The number of rotatable bonds is 0. The summed E-state index contributed by atoms with van der Waals surface area (Å²) in [5, 5.41) is 16.6. The Balaban J connectivity index is 2.73. The SMILES string of the molecule is OC(O)=C1COC=N1. The molecule has 0 spiro atoms. The molecular weight excluding hydrogens is 110 g/mol. The summed E-state index contributed by atoms with van der Waals surface area (Å²) in [5.74, 6) is -0.765. The van der Waals surface area contributed by atoms with Crippen LogP contribution in [-0.4, -0.2) is 23.2 Å². The van der Waals surface area contributed by atoms with Crippen LogP contribution in [0, 0.1) is 0 Å². The summed E-state index contributed by atoms with van der Waals surface area (Å²) in [5.41, 5.74) is 0.171. The number of ether oxygens (including phenoxy) is 1. The first-order valence-corrected chi connectivity index (χ1v) is 2.06. The molecule has 0 fully saturated rings. The van der Waals surface area contributed by atoms with Gasteiger partial charge in [-0.15, -0.1) is 0 Å². The first-order chi connectivity index (χ1) is 3.80. The van der Waals surface area contributed by atoms with Crippen LogP contribution in [0.1, 0.15) is 0 Å². The molecule has 0 aromatic carbocycles. The summed E-state index contributed by atoms with van der Waals surface area (Å²) in [7, 11) is 0. The number of aliphatic imine (C=N–C) groups is 1. The second-order valence-electron chi connectivity index (χ2n) is 1.32. The quantitative estimate of drug-likeness (QED) is 0.447. The molecule has 0 radical (unpaired) electrons. The topological polar surface area (TPSA) is 62.0 Å². The Kier molecular flexibility index (Phi) is 1.07. The first kappa shape index (κ1) is 4.96. The van der Waals surface area contributed by atoms with E-state index in [1.54, 1.807) is 0 Å². The Bertz CT molecular complexity index is 145. The van der Waals surface area contributed by atoms with Crippen LogP contribution in [-0.2, 0) is 4.74 Å². The molecule has 0 bridgehead atoms. The summed E-state index contributed by atoms with van der Waals surface area (Å²) in [4.78, 5) is 3.47. The van der Waals surface area contributed by atoms with Gasteiger partial charge in [0.05, 0.1) is 0 Å². The Morgan fingerprint density at radius 2 is 2.50 bits per heavy atom. The first-order valence-electron chi connectivity index (χ1n) is 2.06. The van der Waals surface area contributed by atoms with Crippen LogP contribution < -0.4 is 0 Å². The van der Waals surface area contributed by atoms with Gasteiger partial charge in [-0.3, -0.25) is 0 Å². The van der Waals surface area contributed by atoms with Gasteiger partial charge in [-0.2, -0.15) is 0 Å². The summed E-state index contributed by atoms with van der Waals surface area (Å²) in [6, 6.07) is 0. The van der Waals surface area contributed by atoms with Crippen LogP contribution in [0.15, 0.2) is 16.6 Å². The average molecular weight is 115 g/mol. The van der Waals surface area contributed by atoms with Crippen LogP contribution in [0.2, 0.25) is 0 Å². The second kappa shape index (κ2) is 1.73. The summed E-state index contributed by atoms with van der Waals surface area (Å²) < 4.78 is 4.55. The molecule has 0 aliphatic carbocycles. The van der Waals surface area contributed by atoms with E-state index in [9.17, 15) is 0 Å². The second-order valence-corrected chi connectivity index (χ2v) is 1.32. The lowest BCUT2D eigenvalue weighted by Gasteiger charge is -1.88. The highest BCUT2D eigenvalue weighted by Crippen LogP contribution is 2.04. The van der Waals surface area contributed by atoms with Gasteiger partial charge < -0.3 is 14.9 Å². The third-order valence-corrected chi connectivity index (χ3v) is 0.761. The molecule has 44 valence electrons.